The lowest BCUT2D eigenvalue weighted by Crippen LogP contribution is -2.54. The zero-order chi connectivity index (χ0) is 16.0. The molecule has 3 fully saturated rings. The van der Waals surface area contributed by atoms with Gasteiger partial charge in [0, 0.05) is 24.2 Å². The highest BCUT2D eigenvalue weighted by atomic mass is 16.3. The van der Waals surface area contributed by atoms with E-state index in [0.717, 1.165) is 36.0 Å². The van der Waals surface area contributed by atoms with Crippen LogP contribution in [-0.2, 0) is 0 Å². The number of aliphatic hydroxyl groups is 1. The molecule has 0 amide bonds. The summed E-state index contributed by atoms with van der Waals surface area (Å²) in [6.07, 6.45) is 5.44. The van der Waals surface area contributed by atoms with E-state index in [1.807, 2.05) is 6.07 Å². The first-order valence-corrected chi connectivity index (χ1v) is 8.29. The second-order valence-electron chi connectivity index (χ2n) is 6.79. The summed E-state index contributed by atoms with van der Waals surface area (Å²) in [7, 11) is 0. The molecule has 2 unspecified atom stereocenters. The third-order valence-electron chi connectivity index (χ3n) is 5.60. The van der Waals surface area contributed by atoms with Crippen LogP contribution in [0, 0.1) is 11.8 Å². The number of aromatic nitrogens is 1. The van der Waals surface area contributed by atoms with Crippen molar-refractivity contribution in [2.24, 2.45) is 11.8 Å². The van der Waals surface area contributed by atoms with Crippen molar-refractivity contribution in [3.8, 4) is 5.75 Å². The molecular formula is C19H22N2O2. The summed E-state index contributed by atoms with van der Waals surface area (Å²) >= 11 is 0. The van der Waals surface area contributed by atoms with E-state index in [1.54, 1.807) is 24.4 Å². The number of aliphatic hydroxyl groups excluding tert-OH is 1. The van der Waals surface area contributed by atoms with Gasteiger partial charge in [0.05, 0.1) is 11.6 Å². The number of aromatic hydroxyl groups is 1. The maximum Gasteiger partial charge on any atom is 0.116 e. The number of hydrogen-bond acceptors (Lipinski definition) is 4. The molecule has 2 N–H and O–H groups in total. The van der Waals surface area contributed by atoms with E-state index in [1.165, 1.54) is 6.42 Å². The number of phenols is 1. The number of rotatable bonds is 3. The first-order chi connectivity index (χ1) is 11.2. The molecule has 120 valence electrons. The molecule has 2 bridgehead atoms. The summed E-state index contributed by atoms with van der Waals surface area (Å²) in [4.78, 5) is 6.73. The average Bonchev–Trinajstić information content (AvgIpc) is 2.60. The zero-order valence-corrected chi connectivity index (χ0v) is 13.1. The van der Waals surface area contributed by atoms with Gasteiger partial charge in [-0.15, -0.1) is 6.58 Å². The number of piperidine rings is 3. The van der Waals surface area contributed by atoms with E-state index >= 15 is 0 Å². The van der Waals surface area contributed by atoms with Crippen molar-refractivity contribution in [2.45, 2.75) is 25.0 Å². The normalized spacial score (nSPS) is 31.2. The summed E-state index contributed by atoms with van der Waals surface area (Å²) in [5.74, 6) is 1.38. The minimum atomic E-state index is -0.559. The Kier molecular flexibility index (Phi) is 3.58. The third kappa shape index (κ3) is 2.42. The Morgan fingerprint density at radius 2 is 2.22 bits per heavy atom. The molecule has 4 heteroatoms. The Balaban J connectivity index is 1.69. The topological polar surface area (TPSA) is 56.6 Å². The van der Waals surface area contributed by atoms with E-state index in [4.69, 9.17) is 0 Å². The molecule has 5 rings (SSSR count). The highest BCUT2D eigenvalue weighted by Gasteiger charge is 2.42. The lowest BCUT2D eigenvalue weighted by atomic mass is 9.73. The van der Waals surface area contributed by atoms with E-state index in [-0.39, 0.29) is 11.8 Å². The minimum absolute atomic E-state index is 0.137. The molecule has 0 aliphatic carbocycles. The molecule has 1 aromatic heterocycles. The van der Waals surface area contributed by atoms with E-state index in [9.17, 15) is 10.2 Å². The van der Waals surface area contributed by atoms with Crippen LogP contribution >= 0.6 is 0 Å². The molecule has 3 saturated heterocycles. The minimum Gasteiger partial charge on any atom is -0.508 e. The van der Waals surface area contributed by atoms with Gasteiger partial charge in [-0.05, 0) is 61.1 Å². The summed E-state index contributed by atoms with van der Waals surface area (Å²) in [6.45, 7) is 5.99. The highest BCUT2D eigenvalue weighted by molar-refractivity contribution is 5.83. The second-order valence-corrected chi connectivity index (χ2v) is 6.79. The highest BCUT2D eigenvalue weighted by Crippen LogP contribution is 2.42. The monoisotopic (exact) mass is 310 g/mol. The maximum atomic E-state index is 11.0. The summed E-state index contributed by atoms with van der Waals surface area (Å²) in [5.41, 5.74) is 1.66. The predicted octanol–water partition coefficient (Wildman–Crippen LogP) is 2.87. The van der Waals surface area contributed by atoms with Gasteiger partial charge in [0.2, 0.25) is 0 Å². The van der Waals surface area contributed by atoms with Crippen LogP contribution in [0.3, 0.4) is 0 Å². The van der Waals surface area contributed by atoms with Crippen LogP contribution in [-0.4, -0.2) is 39.2 Å². The van der Waals surface area contributed by atoms with Gasteiger partial charge in [-0.2, -0.15) is 0 Å². The van der Waals surface area contributed by atoms with Gasteiger partial charge in [-0.3, -0.25) is 9.88 Å². The largest absolute Gasteiger partial charge is 0.508 e. The number of benzene rings is 1. The molecular weight excluding hydrogens is 288 g/mol. The van der Waals surface area contributed by atoms with Crippen LogP contribution in [0.4, 0.5) is 0 Å². The number of phenolic OH excluding ortho intramolecular Hbond substituents is 1. The summed E-state index contributed by atoms with van der Waals surface area (Å²) in [6, 6.07) is 7.14. The van der Waals surface area contributed by atoms with Gasteiger partial charge in [0.15, 0.2) is 0 Å². The predicted molar refractivity (Wildman–Crippen MR) is 90.1 cm³/mol. The number of pyridine rings is 1. The summed E-state index contributed by atoms with van der Waals surface area (Å²) < 4.78 is 0. The Hall–Kier alpha value is -1.91. The van der Waals surface area contributed by atoms with Crippen molar-refractivity contribution >= 4 is 10.9 Å². The van der Waals surface area contributed by atoms with Crippen molar-refractivity contribution in [1.29, 1.82) is 0 Å². The lowest BCUT2D eigenvalue weighted by Gasteiger charge is -2.50. The fourth-order valence-electron chi connectivity index (χ4n) is 4.33. The quantitative estimate of drug-likeness (QED) is 0.856. The Labute approximate surface area is 136 Å². The van der Waals surface area contributed by atoms with E-state index in [2.05, 4.69) is 22.5 Å². The van der Waals surface area contributed by atoms with E-state index in [0.29, 0.717) is 11.8 Å². The first-order valence-electron chi connectivity index (χ1n) is 8.29. The zero-order valence-electron chi connectivity index (χ0n) is 13.1. The Bertz CT molecular complexity index is 745. The third-order valence-corrected chi connectivity index (χ3v) is 5.60. The van der Waals surface area contributed by atoms with Gasteiger partial charge in [0.1, 0.15) is 5.75 Å². The first kappa shape index (κ1) is 14.7. The number of nitrogens with zero attached hydrogens (tertiary/aromatic N) is 2. The standard InChI is InChI=1S/C19H22N2O2/c1-2-12-11-21-8-6-13(12)9-18(21)19(23)15-5-7-20-17-4-3-14(22)10-16(15)17/h2-5,7,10,12-13,18-19,22-23H,1,6,8-9,11H2/t12-,13?,18+,19+/m0/s1. The van der Waals surface area contributed by atoms with E-state index < -0.39 is 6.10 Å². The van der Waals surface area contributed by atoms with Crippen LogP contribution in [0.25, 0.3) is 10.9 Å². The molecule has 0 saturated carbocycles. The van der Waals surface area contributed by atoms with Gasteiger partial charge in [-0.1, -0.05) is 6.08 Å². The number of fused-ring (bicyclic) bond motifs is 4. The number of hydrogen-bond donors (Lipinski definition) is 2. The molecule has 4 heterocycles. The molecule has 3 aliphatic heterocycles. The molecule has 1 aromatic carbocycles. The molecule has 3 aliphatic rings. The van der Waals surface area contributed by atoms with Crippen molar-refractivity contribution in [1.82, 2.24) is 9.88 Å². The van der Waals surface area contributed by atoms with Crippen molar-refractivity contribution in [3.63, 3.8) is 0 Å². The molecule has 0 radical (unpaired) electrons. The van der Waals surface area contributed by atoms with Crippen molar-refractivity contribution < 1.29 is 10.2 Å². The fraction of sp³-hybridized carbons (Fsp3) is 0.421. The van der Waals surface area contributed by atoms with Crippen LogP contribution in [0.15, 0.2) is 43.1 Å². The van der Waals surface area contributed by atoms with Crippen molar-refractivity contribution in [3.05, 3.63) is 48.7 Å². The van der Waals surface area contributed by atoms with Crippen LogP contribution in [0.2, 0.25) is 0 Å². The van der Waals surface area contributed by atoms with Crippen molar-refractivity contribution in [2.75, 3.05) is 13.1 Å². The van der Waals surface area contributed by atoms with Gasteiger partial charge in [0.25, 0.3) is 0 Å². The lowest BCUT2D eigenvalue weighted by molar-refractivity contribution is -0.0444. The summed E-state index contributed by atoms with van der Waals surface area (Å²) in [5, 5.41) is 21.7. The molecule has 2 aromatic rings. The fourth-order valence-corrected chi connectivity index (χ4v) is 4.33. The molecule has 0 spiro atoms. The smallest absolute Gasteiger partial charge is 0.116 e. The molecule has 4 nitrogen and oxygen atoms in total. The van der Waals surface area contributed by atoms with Crippen LogP contribution in [0.1, 0.15) is 24.5 Å². The Morgan fingerprint density at radius 1 is 1.35 bits per heavy atom. The molecule has 23 heavy (non-hydrogen) atoms. The molecule has 5 atom stereocenters. The maximum absolute atomic E-state index is 11.0. The Morgan fingerprint density at radius 3 is 2.96 bits per heavy atom. The van der Waals surface area contributed by atoms with Gasteiger partial charge < -0.3 is 10.2 Å². The second kappa shape index (κ2) is 5.62. The van der Waals surface area contributed by atoms with Crippen LogP contribution in [0.5, 0.6) is 5.75 Å². The SMILES string of the molecule is C=C[C@H]1CN2CCC1C[C@@H]2[C@H](O)c1ccnc2ccc(O)cc12. The van der Waals surface area contributed by atoms with Crippen LogP contribution < -0.4 is 0 Å². The average molecular weight is 310 g/mol. The van der Waals surface area contributed by atoms with Gasteiger partial charge >= 0.3 is 0 Å². The van der Waals surface area contributed by atoms with Gasteiger partial charge in [-0.25, -0.2) is 0 Å².